The molecule has 0 spiro atoms. The van der Waals surface area contributed by atoms with Crippen molar-refractivity contribution < 1.29 is 22.7 Å². The van der Waals surface area contributed by atoms with Crippen LogP contribution in [0.5, 0.6) is 5.75 Å². The standard InChI is InChI=1S/C19H22O5S/c1-14-4-5-15(2)18(12-14)23-10-11-24-19(20)17-8-6-16(7-9-17)13-25(3,21)22/h4-9,12H,10-11,13H2,1-3H3. The van der Waals surface area contributed by atoms with E-state index in [1.165, 1.54) is 6.26 Å². The second-order valence-electron chi connectivity index (χ2n) is 6.02. The SMILES string of the molecule is Cc1ccc(C)c(OCCOC(=O)c2ccc(CS(C)(=O)=O)cc2)c1. The molecular formula is C19H22O5S. The second-order valence-corrected chi connectivity index (χ2v) is 8.16. The molecule has 0 amide bonds. The highest BCUT2D eigenvalue weighted by Crippen LogP contribution is 2.18. The van der Waals surface area contributed by atoms with Crippen molar-refractivity contribution in [1.29, 1.82) is 0 Å². The first-order chi connectivity index (χ1) is 11.7. The van der Waals surface area contributed by atoms with Gasteiger partial charge >= 0.3 is 5.97 Å². The van der Waals surface area contributed by atoms with Crippen molar-refractivity contribution in [2.24, 2.45) is 0 Å². The van der Waals surface area contributed by atoms with Crippen molar-refractivity contribution in [2.75, 3.05) is 19.5 Å². The first kappa shape index (κ1) is 19.0. The average Bonchev–Trinajstić information content (AvgIpc) is 2.53. The average molecular weight is 362 g/mol. The third kappa shape index (κ3) is 6.23. The minimum Gasteiger partial charge on any atom is -0.490 e. The molecule has 0 saturated carbocycles. The number of sulfone groups is 1. The van der Waals surface area contributed by atoms with Gasteiger partial charge in [0.25, 0.3) is 0 Å². The number of ether oxygens (including phenoxy) is 2. The van der Waals surface area contributed by atoms with Crippen molar-refractivity contribution in [3.63, 3.8) is 0 Å². The molecule has 134 valence electrons. The van der Waals surface area contributed by atoms with E-state index in [4.69, 9.17) is 9.47 Å². The third-order valence-electron chi connectivity index (χ3n) is 3.54. The zero-order chi connectivity index (χ0) is 18.4. The van der Waals surface area contributed by atoms with Gasteiger partial charge in [-0.2, -0.15) is 0 Å². The Bertz CT molecular complexity index is 839. The molecule has 0 aliphatic rings. The van der Waals surface area contributed by atoms with Crippen LogP contribution in [0.2, 0.25) is 0 Å². The minimum atomic E-state index is -3.09. The molecule has 0 bridgehead atoms. The quantitative estimate of drug-likeness (QED) is 0.559. The van der Waals surface area contributed by atoms with Gasteiger partial charge in [-0.15, -0.1) is 0 Å². The van der Waals surface area contributed by atoms with Gasteiger partial charge in [-0.25, -0.2) is 13.2 Å². The van der Waals surface area contributed by atoms with Crippen molar-refractivity contribution in [1.82, 2.24) is 0 Å². The number of rotatable bonds is 7. The van der Waals surface area contributed by atoms with Gasteiger partial charge in [0.1, 0.15) is 19.0 Å². The number of carbonyl (C=O) groups excluding carboxylic acids is 1. The number of benzene rings is 2. The first-order valence-electron chi connectivity index (χ1n) is 7.88. The zero-order valence-electron chi connectivity index (χ0n) is 14.6. The van der Waals surface area contributed by atoms with Crippen LogP contribution < -0.4 is 4.74 Å². The van der Waals surface area contributed by atoms with E-state index in [-0.39, 0.29) is 19.0 Å². The van der Waals surface area contributed by atoms with Gasteiger partial charge < -0.3 is 9.47 Å². The predicted molar refractivity (Wildman–Crippen MR) is 96.7 cm³/mol. The molecule has 5 nitrogen and oxygen atoms in total. The summed E-state index contributed by atoms with van der Waals surface area (Å²) in [6.45, 7) is 4.35. The summed E-state index contributed by atoms with van der Waals surface area (Å²) in [5.41, 5.74) is 3.14. The number of aryl methyl sites for hydroxylation is 2. The van der Waals surface area contributed by atoms with E-state index < -0.39 is 15.8 Å². The molecule has 0 saturated heterocycles. The van der Waals surface area contributed by atoms with Crippen LogP contribution in [0, 0.1) is 13.8 Å². The van der Waals surface area contributed by atoms with Crippen LogP contribution in [-0.4, -0.2) is 33.9 Å². The normalized spacial score (nSPS) is 11.2. The summed E-state index contributed by atoms with van der Waals surface area (Å²) in [6, 6.07) is 12.3. The van der Waals surface area contributed by atoms with E-state index in [2.05, 4.69) is 0 Å². The van der Waals surface area contributed by atoms with Crippen LogP contribution in [0.25, 0.3) is 0 Å². The Morgan fingerprint density at radius 2 is 1.68 bits per heavy atom. The largest absolute Gasteiger partial charge is 0.490 e. The lowest BCUT2D eigenvalue weighted by Gasteiger charge is -2.10. The summed E-state index contributed by atoms with van der Waals surface area (Å²) in [5, 5.41) is 0. The molecule has 0 aliphatic carbocycles. The van der Waals surface area contributed by atoms with Gasteiger partial charge in [0.15, 0.2) is 9.84 Å². The molecule has 25 heavy (non-hydrogen) atoms. The van der Waals surface area contributed by atoms with Crippen molar-refractivity contribution >= 4 is 15.8 Å². The number of hydrogen-bond donors (Lipinski definition) is 0. The van der Waals surface area contributed by atoms with E-state index in [9.17, 15) is 13.2 Å². The molecule has 2 rings (SSSR count). The Morgan fingerprint density at radius 1 is 1.00 bits per heavy atom. The maximum absolute atomic E-state index is 12.0. The molecule has 0 unspecified atom stereocenters. The second kappa shape index (κ2) is 8.16. The minimum absolute atomic E-state index is 0.0496. The zero-order valence-corrected chi connectivity index (χ0v) is 15.4. The monoisotopic (exact) mass is 362 g/mol. The van der Waals surface area contributed by atoms with Gasteiger partial charge in [-0.1, -0.05) is 24.3 Å². The Hall–Kier alpha value is -2.34. The molecule has 0 aromatic heterocycles. The Balaban J connectivity index is 1.83. The highest BCUT2D eigenvalue weighted by Gasteiger charge is 2.09. The fourth-order valence-electron chi connectivity index (χ4n) is 2.27. The summed E-state index contributed by atoms with van der Waals surface area (Å²) in [6.07, 6.45) is 1.17. The summed E-state index contributed by atoms with van der Waals surface area (Å²) < 4.78 is 33.3. The topological polar surface area (TPSA) is 69.7 Å². The van der Waals surface area contributed by atoms with Gasteiger partial charge in [-0.05, 0) is 48.7 Å². The molecule has 0 N–H and O–H groups in total. The Labute approximate surface area is 148 Å². The van der Waals surface area contributed by atoms with Crippen LogP contribution >= 0.6 is 0 Å². The molecule has 0 radical (unpaired) electrons. The number of carbonyl (C=O) groups is 1. The molecule has 2 aromatic carbocycles. The highest BCUT2D eigenvalue weighted by atomic mass is 32.2. The molecule has 2 aromatic rings. The maximum atomic E-state index is 12.0. The van der Waals surface area contributed by atoms with Gasteiger partial charge in [-0.3, -0.25) is 0 Å². The lowest BCUT2D eigenvalue weighted by atomic mass is 10.1. The summed E-state index contributed by atoms with van der Waals surface area (Å²) in [5.74, 6) is 0.267. The lowest BCUT2D eigenvalue weighted by Crippen LogP contribution is -2.13. The van der Waals surface area contributed by atoms with E-state index in [0.717, 1.165) is 16.9 Å². The molecule has 0 atom stereocenters. The van der Waals surface area contributed by atoms with Crippen LogP contribution in [0.4, 0.5) is 0 Å². The van der Waals surface area contributed by atoms with E-state index in [1.54, 1.807) is 24.3 Å². The van der Waals surface area contributed by atoms with Gasteiger partial charge in [0, 0.05) is 6.26 Å². The van der Waals surface area contributed by atoms with Crippen LogP contribution in [0.15, 0.2) is 42.5 Å². The Kier molecular flexibility index (Phi) is 6.20. The Morgan fingerprint density at radius 3 is 2.32 bits per heavy atom. The van der Waals surface area contributed by atoms with Crippen molar-refractivity contribution in [3.8, 4) is 5.75 Å². The molecule has 0 heterocycles. The molecule has 0 fully saturated rings. The van der Waals surface area contributed by atoms with Crippen LogP contribution in [-0.2, 0) is 20.3 Å². The summed E-state index contributed by atoms with van der Waals surface area (Å²) >= 11 is 0. The highest BCUT2D eigenvalue weighted by molar-refractivity contribution is 7.89. The fourth-order valence-corrected chi connectivity index (χ4v) is 3.07. The summed E-state index contributed by atoms with van der Waals surface area (Å²) in [4.78, 5) is 12.0. The van der Waals surface area contributed by atoms with E-state index in [1.807, 2.05) is 32.0 Å². The van der Waals surface area contributed by atoms with Gasteiger partial charge in [0.2, 0.25) is 0 Å². The van der Waals surface area contributed by atoms with Crippen molar-refractivity contribution in [3.05, 3.63) is 64.7 Å². The van der Waals surface area contributed by atoms with Crippen LogP contribution in [0.3, 0.4) is 0 Å². The smallest absolute Gasteiger partial charge is 0.338 e. The lowest BCUT2D eigenvalue weighted by molar-refractivity contribution is 0.0450. The molecular weight excluding hydrogens is 340 g/mol. The van der Waals surface area contributed by atoms with Crippen molar-refractivity contribution in [2.45, 2.75) is 19.6 Å². The number of esters is 1. The van der Waals surface area contributed by atoms with Gasteiger partial charge in [0.05, 0.1) is 11.3 Å². The molecule has 0 aliphatic heterocycles. The molecule has 6 heteroatoms. The van der Waals surface area contributed by atoms with Crippen LogP contribution in [0.1, 0.15) is 27.0 Å². The maximum Gasteiger partial charge on any atom is 0.338 e. The van der Waals surface area contributed by atoms with E-state index >= 15 is 0 Å². The fraction of sp³-hybridized carbons (Fsp3) is 0.316. The summed E-state index contributed by atoms with van der Waals surface area (Å²) in [7, 11) is -3.09. The number of hydrogen-bond acceptors (Lipinski definition) is 5. The predicted octanol–water partition coefficient (Wildman–Crippen LogP) is 3.08. The van der Waals surface area contributed by atoms with E-state index in [0.29, 0.717) is 11.1 Å². The first-order valence-corrected chi connectivity index (χ1v) is 9.94. The third-order valence-corrected chi connectivity index (χ3v) is 4.39.